The fourth-order valence-electron chi connectivity index (χ4n) is 1.50. The van der Waals surface area contributed by atoms with E-state index in [-0.39, 0.29) is 19.2 Å². The number of nitrogens with one attached hydrogen (secondary N) is 1. The van der Waals surface area contributed by atoms with Crippen LogP contribution >= 0.6 is 0 Å². The molecule has 0 aliphatic heterocycles. The van der Waals surface area contributed by atoms with Crippen LogP contribution in [-0.4, -0.2) is 50.2 Å². The second-order valence-electron chi connectivity index (χ2n) is 3.40. The van der Waals surface area contributed by atoms with E-state index in [0.29, 0.717) is 12.8 Å². The van der Waals surface area contributed by atoms with E-state index in [4.69, 9.17) is 5.11 Å². The van der Waals surface area contributed by atoms with E-state index in [1.807, 2.05) is 13.8 Å². The molecule has 0 saturated carbocycles. The molecular weight excluding hydrogens is 248 g/mol. The summed E-state index contributed by atoms with van der Waals surface area (Å²) in [6, 6.07) is -0.260. The van der Waals surface area contributed by atoms with Crippen molar-refractivity contribution in [3.63, 3.8) is 0 Å². The molecule has 0 fully saturated rings. The van der Waals surface area contributed by atoms with Gasteiger partial charge in [-0.2, -0.15) is 12.7 Å². The van der Waals surface area contributed by atoms with Crippen LogP contribution in [0.25, 0.3) is 0 Å². The monoisotopic (exact) mass is 268 g/mol. The summed E-state index contributed by atoms with van der Waals surface area (Å²) < 4.78 is 30.8. The summed E-state index contributed by atoms with van der Waals surface area (Å²) in [4.78, 5) is 10.9. The molecule has 102 valence electrons. The molecular formula is C9H20N2O5S. The van der Waals surface area contributed by atoms with E-state index in [1.54, 1.807) is 4.72 Å². The number of aliphatic hydroxyl groups excluding tert-OH is 1. The van der Waals surface area contributed by atoms with Crippen LogP contribution in [0.4, 0.5) is 4.79 Å². The maximum Gasteiger partial charge on any atom is 0.421 e. The molecule has 0 aromatic carbocycles. The third-order valence-corrected chi connectivity index (χ3v) is 3.90. The zero-order valence-corrected chi connectivity index (χ0v) is 11.2. The minimum absolute atomic E-state index is 0.0569. The van der Waals surface area contributed by atoms with Crippen molar-refractivity contribution in [2.75, 3.05) is 20.3 Å². The highest BCUT2D eigenvalue weighted by Crippen LogP contribution is 2.12. The summed E-state index contributed by atoms with van der Waals surface area (Å²) in [7, 11) is -2.89. The van der Waals surface area contributed by atoms with E-state index < -0.39 is 16.3 Å². The van der Waals surface area contributed by atoms with Crippen molar-refractivity contribution in [1.82, 2.24) is 9.03 Å². The van der Waals surface area contributed by atoms with Gasteiger partial charge in [-0.1, -0.05) is 13.8 Å². The molecule has 7 nitrogen and oxygen atoms in total. The zero-order chi connectivity index (χ0) is 13.5. The lowest BCUT2D eigenvalue weighted by atomic mass is 10.2. The summed E-state index contributed by atoms with van der Waals surface area (Å²) in [6.07, 6.45) is 0.149. The largest absolute Gasteiger partial charge is 0.452 e. The van der Waals surface area contributed by atoms with Gasteiger partial charge in [0.2, 0.25) is 0 Å². The second kappa shape index (κ2) is 7.46. The first-order valence-corrected chi connectivity index (χ1v) is 6.85. The van der Waals surface area contributed by atoms with Crippen LogP contribution in [0.15, 0.2) is 0 Å². The van der Waals surface area contributed by atoms with E-state index in [2.05, 4.69) is 4.74 Å². The minimum Gasteiger partial charge on any atom is -0.452 e. The lowest BCUT2D eigenvalue weighted by molar-refractivity contribution is 0.175. The number of ether oxygens (including phenoxy) is 1. The van der Waals surface area contributed by atoms with Crippen LogP contribution in [0.2, 0.25) is 0 Å². The average molecular weight is 268 g/mol. The molecule has 0 radical (unpaired) electrons. The molecule has 0 aliphatic rings. The van der Waals surface area contributed by atoms with Crippen LogP contribution in [-0.2, 0) is 14.9 Å². The molecule has 0 bridgehead atoms. The molecule has 0 rings (SSSR count). The lowest BCUT2D eigenvalue weighted by Crippen LogP contribution is -2.49. The van der Waals surface area contributed by atoms with Gasteiger partial charge < -0.3 is 9.84 Å². The molecule has 0 aromatic rings. The standard InChI is InChI=1S/C9H20N2O5S/c1-4-8(5-2)11(6-7-12)17(14,15)10-9(13)16-3/h8,12H,4-7H2,1-3H3,(H,10,13). The van der Waals surface area contributed by atoms with Gasteiger partial charge in [0.1, 0.15) is 0 Å². The fraction of sp³-hybridized carbons (Fsp3) is 0.889. The first-order valence-electron chi connectivity index (χ1n) is 5.41. The van der Waals surface area contributed by atoms with Gasteiger partial charge in [-0.3, -0.25) is 0 Å². The van der Waals surface area contributed by atoms with Gasteiger partial charge in [-0.05, 0) is 12.8 Å². The van der Waals surface area contributed by atoms with Crippen molar-refractivity contribution in [2.45, 2.75) is 32.7 Å². The Morgan fingerprint density at radius 1 is 1.41 bits per heavy atom. The van der Waals surface area contributed by atoms with Gasteiger partial charge in [0.25, 0.3) is 0 Å². The third-order valence-electron chi connectivity index (χ3n) is 2.38. The Morgan fingerprint density at radius 2 is 1.94 bits per heavy atom. The normalized spacial score (nSPS) is 11.9. The number of rotatable bonds is 7. The Labute approximate surface area is 102 Å². The van der Waals surface area contributed by atoms with Crippen molar-refractivity contribution in [3.8, 4) is 0 Å². The topological polar surface area (TPSA) is 95.9 Å². The van der Waals surface area contributed by atoms with E-state index >= 15 is 0 Å². The van der Waals surface area contributed by atoms with Crippen molar-refractivity contribution in [2.24, 2.45) is 0 Å². The molecule has 0 atom stereocenters. The molecule has 0 aromatic heterocycles. The number of nitrogens with zero attached hydrogens (tertiary/aromatic N) is 1. The number of carbonyl (C=O) groups is 1. The number of hydrogen-bond acceptors (Lipinski definition) is 5. The fourth-order valence-corrected chi connectivity index (χ4v) is 2.92. The Morgan fingerprint density at radius 3 is 2.29 bits per heavy atom. The summed E-state index contributed by atoms with van der Waals surface area (Å²) in [5.41, 5.74) is 0. The second-order valence-corrected chi connectivity index (χ2v) is 5.03. The van der Waals surface area contributed by atoms with Crippen LogP contribution < -0.4 is 4.72 Å². The number of amides is 1. The number of methoxy groups -OCH3 is 1. The van der Waals surface area contributed by atoms with Gasteiger partial charge in [0.05, 0.1) is 13.7 Å². The molecule has 0 unspecified atom stereocenters. The zero-order valence-electron chi connectivity index (χ0n) is 10.3. The molecule has 0 aliphatic carbocycles. The van der Waals surface area contributed by atoms with Crippen molar-refractivity contribution in [3.05, 3.63) is 0 Å². The first kappa shape index (κ1) is 16.1. The first-order chi connectivity index (χ1) is 7.92. The molecule has 0 heterocycles. The van der Waals surface area contributed by atoms with Gasteiger partial charge in [-0.25, -0.2) is 9.52 Å². The van der Waals surface area contributed by atoms with Crippen molar-refractivity contribution in [1.29, 1.82) is 0 Å². The molecule has 17 heavy (non-hydrogen) atoms. The van der Waals surface area contributed by atoms with Crippen molar-refractivity contribution >= 4 is 16.3 Å². The summed E-state index contributed by atoms with van der Waals surface area (Å²) in [6.45, 7) is 3.32. The van der Waals surface area contributed by atoms with Crippen LogP contribution in [0.3, 0.4) is 0 Å². The summed E-state index contributed by atoms with van der Waals surface area (Å²) >= 11 is 0. The van der Waals surface area contributed by atoms with Crippen LogP contribution in [0.1, 0.15) is 26.7 Å². The van der Waals surface area contributed by atoms with Gasteiger partial charge in [0.15, 0.2) is 0 Å². The molecule has 8 heteroatoms. The highest BCUT2D eigenvalue weighted by molar-refractivity contribution is 7.87. The maximum absolute atomic E-state index is 11.9. The van der Waals surface area contributed by atoms with Crippen molar-refractivity contribution < 1.29 is 23.1 Å². The average Bonchev–Trinajstić information content (AvgIpc) is 2.28. The maximum atomic E-state index is 11.9. The minimum atomic E-state index is -3.97. The molecule has 0 spiro atoms. The quantitative estimate of drug-likeness (QED) is 0.681. The van der Waals surface area contributed by atoms with E-state index in [9.17, 15) is 13.2 Å². The lowest BCUT2D eigenvalue weighted by Gasteiger charge is -2.28. The highest BCUT2D eigenvalue weighted by Gasteiger charge is 2.29. The Hall–Kier alpha value is -0.860. The number of carbonyl (C=O) groups excluding carboxylic acids is 1. The Balaban J connectivity index is 4.96. The number of aliphatic hydroxyl groups is 1. The summed E-state index contributed by atoms with van der Waals surface area (Å²) in [5, 5.41) is 8.88. The molecule has 2 N–H and O–H groups in total. The van der Waals surface area contributed by atoms with Gasteiger partial charge >= 0.3 is 16.3 Å². The molecule has 0 saturated heterocycles. The smallest absolute Gasteiger partial charge is 0.421 e. The van der Waals surface area contributed by atoms with Crippen LogP contribution in [0.5, 0.6) is 0 Å². The number of hydrogen-bond donors (Lipinski definition) is 2. The Kier molecular flexibility index (Phi) is 7.09. The van der Waals surface area contributed by atoms with Gasteiger partial charge in [-0.15, -0.1) is 0 Å². The predicted octanol–water partition coefficient (Wildman–Crippen LogP) is 0.0701. The third kappa shape index (κ3) is 4.88. The van der Waals surface area contributed by atoms with Gasteiger partial charge in [0, 0.05) is 12.6 Å². The summed E-state index contributed by atoms with van der Waals surface area (Å²) in [5.74, 6) is 0. The van der Waals surface area contributed by atoms with Crippen LogP contribution in [0, 0.1) is 0 Å². The predicted molar refractivity (Wildman–Crippen MR) is 62.6 cm³/mol. The highest BCUT2D eigenvalue weighted by atomic mass is 32.2. The molecule has 1 amide bonds. The van der Waals surface area contributed by atoms with E-state index in [1.165, 1.54) is 0 Å². The Bertz CT molecular complexity index is 326. The van der Waals surface area contributed by atoms with E-state index in [0.717, 1.165) is 11.4 Å². The SMILES string of the molecule is CCC(CC)N(CCO)S(=O)(=O)NC(=O)OC.